The number of carbonyl (C=O) groups excluding carboxylic acids is 1. The van der Waals surface area contributed by atoms with Crippen LogP contribution in [0.5, 0.6) is 0 Å². The monoisotopic (exact) mass is 164 g/mol. The fourth-order valence-corrected chi connectivity index (χ4v) is 0.856. The van der Waals surface area contributed by atoms with Crippen LogP contribution in [0, 0.1) is 5.53 Å². The van der Waals surface area contributed by atoms with Gasteiger partial charge in [-0.1, -0.05) is 17.4 Å². The number of nitrogens with one attached hydrogen (secondary N) is 2. The van der Waals surface area contributed by atoms with E-state index >= 15 is 0 Å². The average Bonchev–Trinajstić information content (AvgIpc) is 2.05. The number of benzene rings is 1. The van der Waals surface area contributed by atoms with Crippen LogP contribution in [0.2, 0.25) is 0 Å². The number of carbonyl (C=O) groups is 1. The minimum Gasteiger partial charge on any atom is -0.366 e. The summed E-state index contributed by atoms with van der Waals surface area (Å²) in [6.45, 7) is 0. The Morgan fingerprint density at radius 3 is 2.75 bits per heavy atom. The van der Waals surface area contributed by atoms with E-state index in [-0.39, 0.29) is 0 Å². The van der Waals surface area contributed by atoms with Crippen molar-refractivity contribution < 1.29 is 4.79 Å². The lowest BCUT2D eigenvalue weighted by molar-refractivity contribution is 0.100. The third-order valence-electron chi connectivity index (χ3n) is 1.37. The van der Waals surface area contributed by atoms with Gasteiger partial charge in [-0.25, -0.2) is 0 Å². The molecule has 0 heterocycles. The number of nitrogens with two attached hydrogens (primary N) is 1. The van der Waals surface area contributed by atoms with Crippen molar-refractivity contribution in [3.63, 3.8) is 0 Å². The maximum atomic E-state index is 10.8. The van der Waals surface area contributed by atoms with Gasteiger partial charge in [0.05, 0.1) is 11.3 Å². The molecule has 62 valence electrons. The molecule has 0 aliphatic carbocycles. The lowest BCUT2D eigenvalue weighted by Crippen LogP contribution is -2.12. The fraction of sp³-hybridized carbons (Fsp3) is 0. The summed E-state index contributed by atoms with van der Waals surface area (Å²) in [5.41, 5.74) is 14.7. The molecule has 5 nitrogen and oxygen atoms in total. The Kier molecular flexibility index (Phi) is 2.37. The molecular formula is C7H8N4O. The van der Waals surface area contributed by atoms with E-state index in [4.69, 9.17) is 11.3 Å². The first-order valence-corrected chi connectivity index (χ1v) is 3.27. The van der Waals surface area contributed by atoms with Crippen molar-refractivity contribution in [2.45, 2.75) is 0 Å². The van der Waals surface area contributed by atoms with Gasteiger partial charge in [-0.2, -0.15) is 5.53 Å². The van der Waals surface area contributed by atoms with E-state index in [9.17, 15) is 4.79 Å². The number of rotatable bonds is 3. The molecule has 0 spiro atoms. The van der Waals surface area contributed by atoms with E-state index in [0.717, 1.165) is 0 Å². The highest BCUT2D eigenvalue weighted by Crippen LogP contribution is 2.13. The SMILES string of the molecule is N=NNc1ccccc1C(N)=O. The number of primary amides is 1. The zero-order chi connectivity index (χ0) is 8.97. The molecule has 0 fully saturated rings. The van der Waals surface area contributed by atoms with Crippen molar-refractivity contribution in [2.75, 3.05) is 5.43 Å². The number of hydrogen-bond donors (Lipinski definition) is 3. The lowest BCUT2D eigenvalue weighted by Gasteiger charge is -2.02. The highest BCUT2D eigenvalue weighted by molar-refractivity contribution is 5.98. The van der Waals surface area contributed by atoms with Crippen LogP contribution < -0.4 is 11.2 Å². The van der Waals surface area contributed by atoms with Gasteiger partial charge in [0.2, 0.25) is 0 Å². The number of hydrogen-bond acceptors (Lipinski definition) is 3. The third kappa shape index (κ3) is 1.57. The Hall–Kier alpha value is -1.91. The minimum absolute atomic E-state index is 0.327. The van der Waals surface area contributed by atoms with Gasteiger partial charge in [0, 0.05) is 0 Å². The summed E-state index contributed by atoms with van der Waals surface area (Å²) in [6.07, 6.45) is 0. The van der Waals surface area contributed by atoms with Crippen LogP contribution in [0.1, 0.15) is 10.4 Å². The van der Waals surface area contributed by atoms with Crippen LogP contribution >= 0.6 is 0 Å². The predicted octanol–water partition coefficient (Wildman–Crippen LogP) is 1.14. The topological polar surface area (TPSA) is 91.3 Å². The molecule has 0 aliphatic heterocycles. The van der Waals surface area contributed by atoms with Crippen molar-refractivity contribution in [3.05, 3.63) is 29.8 Å². The van der Waals surface area contributed by atoms with Crippen LogP contribution in [-0.4, -0.2) is 5.91 Å². The zero-order valence-corrected chi connectivity index (χ0v) is 6.24. The maximum absolute atomic E-state index is 10.8. The van der Waals surface area contributed by atoms with Crippen LogP contribution in [-0.2, 0) is 0 Å². The molecule has 0 aliphatic rings. The van der Waals surface area contributed by atoms with Crippen LogP contribution in [0.4, 0.5) is 5.69 Å². The van der Waals surface area contributed by atoms with Gasteiger partial charge in [0.25, 0.3) is 5.91 Å². The average molecular weight is 164 g/mol. The zero-order valence-electron chi connectivity index (χ0n) is 6.24. The molecule has 0 aromatic heterocycles. The molecule has 0 atom stereocenters. The molecule has 1 aromatic carbocycles. The Morgan fingerprint density at radius 2 is 2.17 bits per heavy atom. The second-order valence-corrected chi connectivity index (χ2v) is 2.13. The van der Waals surface area contributed by atoms with Crippen LogP contribution in [0.15, 0.2) is 29.5 Å². The first-order chi connectivity index (χ1) is 5.75. The van der Waals surface area contributed by atoms with E-state index in [1.54, 1.807) is 24.3 Å². The number of amides is 1. The highest BCUT2D eigenvalue weighted by atomic mass is 16.1. The van der Waals surface area contributed by atoms with Gasteiger partial charge in [-0.3, -0.25) is 10.2 Å². The van der Waals surface area contributed by atoms with E-state index in [2.05, 4.69) is 10.6 Å². The molecule has 0 bridgehead atoms. The molecular weight excluding hydrogens is 156 g/mol. The van der Waals surface area contributed by atoms with Crippen molar-refractivity contribution in [1.29, 1.82) is 5.53 Å². The van der Waals surface area contributed by atoms with Crippen molar-refractivity contribution in [1.82, 2.24) is 0 Å². The van der Waals surface area contributed by atoms with Gasteiger partial charge in [-0.05, 0) is 12.1 Å². The normalized spacial score (nSPS) is 9.00. The second kappa shape index (κ2) is 3.47. The largest absolute Gasteiger partial charge is 0.366 e. The Balaban J connectivity index is 3.07. The molecule has 4 N–H and O–H groups in total. The van der Waals surface area contributed by atoms with E-state index < -0.39 is 5.91 Å². The molecule has 0 saturated carbocycles. The summed E-state index contributed by atoms with van der Waals surface area (Å²) in [5, 5.41) is 2.94. The number of anilines is 1. The molecule has 0 radical (unpaired) electrons. The van der Waals surface area contributed by atoms with Gasteiger partial charge in [0.1, 0.15) is 0 Å². The Bertz CT molecular complexity index is 310. The van der Waals surface area contributed by atoms with E-state index in [0.29, 0.717) is 11.3 Å². The molecule has 1 aromatic rings. The standard InChI is InChI=1S/C7H8N4O/c8-7(12)5-3-1-2-4-6(5)10-11-9/h1-4H,(H2,8,12)(H2,9,10). The van der Waals surface area contributed by atoms with E-state index in [1.165, 1.54) is 0 Å². The Labute approximate surface area is 69.1 Å². The predicted molar refractivity (Wildman–Crippen MR) is 43.7 cm³/mol. The smallest absolute Gasteiger partial charge is 0.250 e. The van der Waals surface area contributed by atoms with Crippen molar-refractivity contribution in [3.8, 4) is 0 Å². The van der Waals surface area contributed by atoms with Gasteiger partial charge >= 0.3 is 0 Å². The summed E-state index contributed by atoms with van der Waals surface area (Å²) in [5.74, 6) is -0.540. The molecule has 5 heteroatoms. The number of nitrogens with zero attached hydrogens (tertiary/aromatic N) is 1. The molecule has 0 saturated heterocycles. The minimum atomic E-state index is -0.540. The van der Waals surface area contributed by atoms with Crippen molar-refractivity contribution in [2.24, 2.45) is 11.0 Å². The quantitative estimate of drug-likeness (QED) is 0.461. The van der Waals surface area contributed by atoms with Crippen molar-refractivity contribution >= 4 is 11.6 Å². The summed E-state index contributed by atoms with van der Waals surface area (Å²) < 4.78 is 0. The maximum Gasteiger partial charge on any atom is 0.250 e. The molecule has 1 amide bonds. The third-order valence-corrected chi connectivity index (χ3v) is 1.37. The Morgan fingerprint density at radius 1 is 1.50 bits per heavy atom. The molecule has 12 heavy (non-hydrogen) atoms. The van der Waals surface area contributed by atoms with Gasteiger partial charge in [0.15, 0.2) is 0 Å². The first-order valence-electron chi connectivity index (χ1n) is 3.27. The van der Waals surface area contributed by atoms with E-state index in [1.807, 2.05) is 0 Å². The fourth-order valence-electron chi connectivity index (χ4n) is 0.856. The molecule has 0 unspecified atom stereocenters. The second-order valence-electron chi connectivity index (χ2n) is 2.13. The number of para-hydroxylation sites is 1. The summed E-state index contributed by atoms with van der Waals surface area (Å²) in [6, 6.07) is 6.60. The van der Waals surface area contributed by atoms with Crippen LogP contribution in [0.3, 0.4) is 0 Å². The summed E-state index contributed by atoms with van der Waals surface area (Å²) in [4.78, 5) is 10.8. The summed E-state index contributed by atoms with van der Waals surface area (Å²) >= 11 is 0. The van der Waals surface area contributed by atoms with Gasteiger partial charge in [-0.15, -0.1) is 0 Å². The molecule has 1 rings (SSSR count). The van der Waals surface area contributed by atoms with Crippen LogP contribution in [0.25, 0.3) is 0 Å². The lowest BCUT2D eigenvalue weighted by atomic mass is 10.2. The summed E-state index contributed by atoms with van der Waals surface area (Å²) in [7, 11) is 0. The van der Waals surface area contributed by atoms with Gasteiger partial charge < -0.3 is 5.73 Å². The first kappa shape index (κ1) is 8.19. The highest BCUT2D eigenvalue weighted by Gasteiger charge is 2.04.